The molecule has 2 aromatic rings. The highest BCUT2D eigenvalue weighted by molar-refractivity contribution is 7.99. The van der Waals surface area contributed by atoms with Crippen molar-refractivity contribution in [2.24, 2.45) is 0 Å². The van der Waals surface area contributed by atoms with Crippen molar-refractivity contribution in [2.45, 2.75) is 30.5 Å². The summed E-state index contributed by atoms with van der Waals surface area (Å²) in [5.74, 6) is -0.197. The minimum absolute atomic E-state index is 0.131. The molecule has 0 aliphatic carbocycles. The van der Waals surface area contributed by atoms with Crippen LogP contribution in [-0.4, -0.2) is 32.9 Å². The third-order valence-electron chi connectivity index (χ3n) is 2.49. The molecule has 2 aromatic heterocycles. The quantitative estimate of drug-likeness (QED) is 0.626. The van der Waals surface area contributed by atoms with Gasteiger partial charge in [-0.2, -0.15) is 5.10 Å². The summed E-state index contributed by atoms with van der Waals surface area (Å²) in [6.45, 7) is 4.01. The van der Waals surface area contributed by atoms with Gasteiger partial charge in [0.25, 0.3) is 0 Å². The number of aromatic nitrogens is 3. The fourth-order valence-corrected chi connectivity index (χ4v) is 2.80. The highest BCUT2D eigenvalue weighted by Crippen LogP contribution is 2.26. The molecule has 6 heteroatoms. The molecule has 5 nitrogen and oxygen atoms in total. The van der Waals surface area contributed by atoms with E-state index in [1.54, 1.807) is 16.3 Å². The van der Waals surface area contributed by atoms with Gasteiger partial charge in [0, 0.05) is 5.25 Å². The fourth-order valence-electron chi connectivity index (χ4n) is 1.67. The summed E-state index contributed by atoms with van der Waals surface area (Å²) in [5.41, 5.74) is 1.95. The molecule has 2 rings (SSSR count). The number of carbonyl (C=O) groups excluding carboxylic acids is 1. The zero-order chi connectivity index (χ0) is 13.1. The minimum Gasteiger partial charge on any atom is -0.469 e. The normalized spacial score (nSPS) is 12.6. The topological polar surface area (TPSA) is 56.5 Å². The molecule has 1 unspecified atom stereocenters. The molecule has 0 fully saturated rings. The Hall–Kier alpha value is -1.56. The lowest BCUT2D eigenvalue weighted by Crippen LogP contribution is -2.09. The maximum atomic E-state index is 11.2. The number of ether oxygens (including phenoxy) is 1. The smallest absolute Gasteiger partial charge is 0.306 e. The summed E-state index contributed by atoms with van der Waals surface area (Å²) < 4.78 is 6.45. The molecule has 0 aliphatic heterocycles. The van der Waals surface area contributed by atoms with Gasteiger partial charge in [0.1, 0.15) is 11.4 Å². The van der Waals surface area contributed by atoms with Gasteiger partial charge in [-0.3, -0.25) is 4.79 Å². The van der Waals surface area contributed by atoms with Crippen LogP contribution in [0.3, 0.4) is 0 Å². The van der Waals surface area contributed by atoms with Crippen molar-refractivity contribution in [3.8, 4) is 0 Å². The van der Waals surface area contributed by atoms with Gasteiger partial charge in [-0.05, 0) is 24.6 Å². The molecule has 0 radical (unpaired) electrons. The zero-order valence-electron chi connectivity index (χ0n) is 10.6. The van der Waals surface area contributed by atoms with E-state index in [0.29, 0.717) is 6.42 Å². The van der Waals surface area contributed by atoms with Crippen LogP contribution in [0.4, 0.5) is 0 Å². The van der Waals surface area contributed by atoms with Crippen molar-refractivity contribution in [2.75, 3.05) is 7.11 Å². The highest BCUT2D eigenvalue weighted by Gasteiger charge is 2.13. The summed E-state index contributed by atoms with van der Waals surface area (Å²) in [5, 5.41) is 5.30. The van der Waals surface area contributed by atoms with Crippen LogP contribution in [0.2, 0.25) is 0 Å². The molecule has 96 valence electrons. The lowest BCUT2D eigenvalue weighted by atomic mass is 10.3. The first-order valence-corrected chi connectivity index (χ1v) is 6.52. The second-order valence-corrected chi connectivity index (χ2v) is 5.57. The molecule has 0 bridgehead atoms. The van der Waals surface area contributed by atoms with Crippen LogP contribution in [-0.2, 0) is 9.53 Å². The van der Waals surface area contributed by atoms with E-state index in [0.717, 1.165) is 16.2 Å². The van der Waals surface area contributed by atoms with E-state index >= 15 is 0 Å². The lowest BCUT2D eigenvalue weighted by molar-refractivity contribution is -0.140. The van der Waals surface area contributed by atoms with Gasteiger partial charge in [0.05, 0.1) is 13.5 Å². The fraction of sp³-hybridized carbons (Fsp3) is 0.417. The third-order valence-corrected chi connectivity index (χ3v) is 3.60. The number of nitrogens with zero attached hydrogens (tertiary/aromatic N) is 3. The van der Waals surface area contributed by atoms with E-state index < -0.39 is 0 Å². The van der Waals surface area contributed by atoms with Gasteiger partial charge in [-0.1, -0.05) is 6.92 Å². The average Bonchev–Trinajstić information content (AvgIpc) is 2.76. The maximum Gasteiger partial charge on any atom is 0.306 e. The van der Waals surface area contributed by atoms with Crippen LogP contribution in [0, 0.1) is 6.92 Å². The summed E-state index contributed by atoms with van der Waals surface area (Å²) in [6, 6.07) is 4.02. The van der Waals surface area contributed by atoms with Crippen molar-refractivity contribution in [1.82, 2.24) is 14.6 Å². The molecule has 0 aliphatic rings. The molecule has 0 amide bonds. The Morgan fingerprint density at radius 1 is 1.56 bits per heavy atom. The number of methoxy groups -OCH3 is 1. The molecule has 0 saturated carbocycles. The monoisotopic (exact) mass is 265 g/mol. The molecule has 0 N–H and O–H groups in total. The number of carbonyl (C=O) groups is 1. The molecule has 1 atom stereocenters. The Morgan fingerprint density at radius 3 is 3.06 bits per heavy atom. The highest BCUT2D eigenvalue weighted by atomic mass is 32.2. The van der Waals surface area contributed by atoms with Gasteiger partial charge in [0.15, 0.2) is 5.65 Å². The minimum atomic E-state index is -0.197. The van der Waals surface area contributed by atoms with Gasteiger partial charge >= 0.3 is 5.97 Å². The van der Waals surface area contributed by atoms with E-state index in [2.05, 4.69) is 14.8 Å². The van der Waals surface area contributed by atoms with Crippen molar-refractivity contribution in [3.05, 3.63) is 24.0 Å². The SMILES string of the molecule is COC(=O)CC(C)Sc1cc(C)cc2ncnn12. The first-order valence-electron chi connectivity index (χ1n) is 5.64. The number of esters is 1. The molecular weight excluding hydrogens is 250 g/mol. The first kappa shape index (κ1) is 12.9. The Balaban J connectivity index is 2.20. The predicted molar refractivity (Wildman–Crippen MR) is 69.7 cm³/mol. The first-order chi connectivity index (χ1) is 8.60. The number of hydrogen-bond donors (Lipinski definition) is 0. The number of fused-ring (bicyclic) bond motifs is 1. The van der Waals surface area contributed by atoms with Gasteiger partial charge < -0.3 is 4.74 Å². The summed E-state index contributed by atoms with van der Waals surface area (Å²) >= 11 is 1.60. The molecular formula is C12H15N3O2S. The van der Waals surface area contributed by atoms with Gasteiger partial charge in [-0.15, -0.1) is 11.8 Å². The number of pyridine rings is 1. The van der Waals surface area contributed by atoms with Crippen LogP contribution in [0.1, 0.15) is 18.9 Å². The van der Waals surface area contributed by atoms with Crippen LogP contribution < -0.4 is 0 Å². The van der Waals surface area contributed by atoms with Crippen molar-refractivity contribution < 1.29 is 9.53 Å². The lowest BCUT2D eigenvalue weighted by Gasteiger charge is -2.11. The van der Waals surface area contributed by atoms with Crippen molar-refractivity contribution in [3.63, 3.8) is 0 Å². The standard InChI is InChI=1S/C12H15N3O2S/c1-8-4-10-13-7-14-15(10)11(5-8)18-9(2)6-12(16)17-3/h4-5,7,9H,6H2,1-3H3. The molecule has 0 aromatic carbocycles. The average molecular weight is 265 g/mol. The van der Waals surface area contributed by atoms with E-state index in [9.17, 15) is 4.79 Å². The van der Waals surface area contributed by atoms with E-state index in [1.807, 2.05) is 26.0 Å². The largest absolute Gasteiger partial charge is 0.469 e. The second-order valence-electron chi connectivity index (χ2n) is 4.11. The van der Waals surface area contributed by atoms with Crippen molar-refractivity contribution in [1.29, 1.82) is 0 Å². The summed E-state index contributed by atoms with van der Waals surface area (Å²) in [7, 11) is 1.40. The van der Waals surface area contributed by atoms with E-state index in [4.69, 9.17) is 0 Å². The molecule has 0 saturated heterocycles. The number of hydrogen-bond acceptors (Lipinski definition) is 5. The van der Waals surface area contributed by atoms with E-state index in [-0.39, 0.29) is 11.2 Å². The van der Waals surface area contributed by atoms with Gasteiger partial charge in [-0.25, -0.2) is 9.50 Å². The Kier molecular flexibility index (Phi) is 3.86. The maximum absolute atomic E-state index is 11.2. The predicted octanol–water partition coefficient (Wildman–Crippen LogP) is 2.08. The molecule has 18 heavy (non-hydrogen) atoms. The number of rotatable bonds is 4. The summed E-state index contributed by atoms with van der Waals surface area (Å²) in [6.07, 6.45) is 1.91. The van der Waals surface area contributed by atoms with Crippen molar-refractivity contribution >= 4 is 23.4 Å². The van der Waals surface area contributed by atoms with Gasteiger partial charge in [0.2, 0.25) is 0 Å². The molecule has 0 spiro atoms. The Bertz CT molecular complexity index is 567. The van der Waals surface area contributed by atoms with Crippen LogP contribution in [0.25, 0.3) is 5.65 Å². The van der Waals surface area contributed by atoms with Crippen LogP contribution >= 0.6 is 11.8 Å². The summed E-state index contributed by atoms with van der Waals surface area (Å²) in [4.78, 5) is 15.4. The zero-order valence-corrected chi connectivity index (χ0v) is 11.4. The Labute approximate surface area is 110 Å². The molecule has 2 heterocycles. The number of aryl methyl sites for hydroxylation is 1. The Morgan fingerprint density at radius 2 is 2.33 bits per heavy atom. The van der Waals surface area contributed by atoms with Crippen LogP contribution in [0.5, 0.6) is 0 Å². The second kappa shape index (κ2) is 5.39. The van der Waals surface area contributed by atoms with E-state index in [1.165, 1.54) is 13.4 Å². The number of thioether (sulfide) groups is 1. The van der Waals surface area contributed by atoms with Crippen LogP contribution in [0.15, 0.2) is 23.5 Å². The third kappa shape index (κ3) is 2.81.